The Morgan fingerprint density at radius 3 is 2.86 bits per heavy atom. The van der Waals surface area contributed by atoms with Gasteiger partial charge in [-0.05, 0) is 19.8 Å². The van der Waals surface area contributed by atoms with E-state index in [4.69, 9.17) is 10.5 Å². The van der Waals surface area contributed by atoms with Crippen molar-refractivity contribution in [3.8, 4) is 0 Å². The van der Waals surface area contributed by atoms with E-state index in [0.717, 1.165) is 6.42 Å². The lowest BCUT2D eigenvalue weighted by Gasteiger charge is -2.16. The summed E-state index contributed by atoms with van der Waals surface area (Å²) in [5, 5.41) is 2.81. The van der Waals surface area contributed by atoms with Crippen LogP contribution in [0.15, 0.2) is 12.7 Å². The Labute approximate surface area is 85.5 Å². The Kier molecular flexibility index (Phi) is 7.06. The third-order valence-corrected chi connectivity index (χ3v) is 1.90. The molecule has 0 fully saturated rings. The lowest BCUT2D eigenvalue weighted by atomic mass is 10.2. The molecule has 0 saturated carbocycles. The summed E-state index contributed by atoms with van der Waals surface area (Å²) >= 11 is 0. The fourth-order valence-electron chi connectivity index (χ4n) is 1.00. The molecular formula is C10H20N2O2. The number of amides is 1. The van der Waals surface area contributed by atoms with Crippen molar-refractivity contribution in [2.24, 2.45) is 5.73 Å². The fourth-order valence-corrected chi connectivity index (χ4v) is 1.00. The lowest BCUT2D eigenvalue weighted by molar-refractivity contribution is -0.123. The maximum absolute atomic E-state index is 11.4. The van der Waals surface area contributed by atoms with Crippen LogP contribution < -0.4 is 11.1 Å². The Balaban J connectivity index is 3.74. The average Bonchev–Trinajstić information content (AvgIpc) is 2.15. The number of carbonyl (C=O) groups excluding carboxylic acids is 1. The van der Waals surface area contributed by atoms with Crippen LogP contribution in [-0.2, 0) is 9.53 Å². The summed E-state index contributed by atoms with van der Waals surface area (Å²) in [6, 6.07) is -0.393. The van der Waals surface area contributed by atoms with E-state index in [-0.39, 0.29) is 11.9 Å². The molecule has 0 spiro atoms. The van der Waals surface area contributed by atoms with Crippen LogP contribution >= 0.6 is 0 Å². The van der Waals surface area contributed by atoms with E-state index in [1.165, 1.54) is 0 Å². The van der Waals surface area contributed by atoms with Crippen molar-refractivity contribution in [1.82, 2.24) is 5.32 Å². The zero-order valence-electron chi connectivity index (χ0n) is 8.95. The van der Waals surface area contributed by atoms with Gasteiger partial charge in [-0.2, -0.15) is 0 Å². The third kappa shape index (κ3) is 5.72. The van der Waals surface area contributed by atoms with Gasteiger partial charge in [-0.1, -0.05) is 6.08 Å². The minimum absolute atomic E-state index is 0.0957. The van der Waals surface area contributed by atoms with Crippen molar-refractivity contribution in [3.05, 3.63) is 12.7 Å². The monoisotopic (exact) mass is 200 g/mol. The van der Waals surface area contributed by atoms with Gasteiger partial charge in [0.15, 0.2) is 0 Å². The molecule has 0 aromatic carbocycles. The molecule has 14 heavy (non-hydrogen) atoms. The standard InChI is InChI=1S/C10H20N2O2/c1-4-5-9(11)10(13)12-8(2)6-7-14-3/h4,8-9H,1,5-7,11H2,2-3H3,(H,12,13). The van der Waals surface area contributed by atoms with Crippen LogP contribution in [0.25, 0.3) is 0 Å². The molecule has 2 unspecified atom stereocenters. The highest BCUT2D eigenvalue weighted by Crippen LogP contribution is 1.94. The summed E-state index contributed by atoms with van der Waals surface area (Å²) in [5.41, 5.74) is 5.59. The van der Waals surface area contributed by atoms with Crippen LogP contribution in [0.2, 0.25) is 0 Å². The molecule has 0 saturated heterocycles. The van der Waals surface area contributed by atoms with E-state index in [9.17, 15) is 4.79 Å². The van der Waals surface area contributed by atoms with Crippen molar-refractivity contribution < 1.29 is 9.53 Å². The number of rotatable bonds is 7. The SMILES string of the molecule is C=CCC(N)C(=O)NC(C)CCOC. The van der Waals surface area contributed by atoms with Crippen LogP contribution in [-0.4, -0.2) is 31.7 Å². The normalized spacial score (nSPS) is 14.5. The largest absolute Gasteiger partial charge is 0.385 e. The van der Waals surface area contributed by atoms with Crippen molar-refractivity contribution in [3.63, 3.8) is 0 Å². The smallest absolute Gasteiger partial charge is 0.237 e. The lowest BCUT2D eigenvalue weighted by Crippen LogP contribution is -2.44. The molecule has 0 aliphatic rings. The van der Waals surface area contributed by atoms with E-state index in [0.29, 0.717) is 13.0 Å². The molecule has 0 bridgehead atoms. The Morgan fingerprint density at radius 2 is 2.36 bits per heavy atom. The second kappa shape index (κ2) is 7.53. The predicted molar refractivity (Wildman–Crippen MR) is 56.9 cm³/mol. The highest BCUT2D eigenvalue weighted by atomic mass is 16.5. The van der Waals surface area contributed by atoms with Crippen molar-refractivity contribution >= 4 is 5.91 Å². The molecular weight excluding hydrogens is 180 g/mol. The molecule has 0 aromatic heterocycles. The van der Waals surface area contributed by atoms with Gasteiger partial charge in [0.2, 0.25) is 5.91 Å². The molecule has 4 nitrogen and oxygen atoms in total. The topological polar surface area (TPSA) is 64.4 Å². The molecule has 0 aromatic rings. The third-order valence-electron chi connectivity index (χ3n) is 1.90. The van der Waals surface area contributed by atoms with Crippen LogP contribution in [0, 0.1) is 0 Å². The van der Waals surface area contributed by atoms with Gasteiger partial charge in [-0.3, -0.25) is 4.79 Å². The highest BCUT2D eigenvalue weighted by Gasteiger charge is 2.13. The van der Waals surface area contributed by atoms with Crippen LogP contribution in [0.1, 0.15) is 19.8 Å². The minimum Gasteiger partial charge on any atom is -0.385 e. The first kappa shape index (κ1) is 13.1. The molecule has 0 rings (SSSR count). The van der Waals surface area contributed by atoms with Gasteiger partial charge in [0, 0.05) is 19.8 Å². The molecule has 0 aliphatic carbocycles. The molecule has 3 N–H and O–H groups in total. The second-order valence-corrected chi connectivity index (χ2v) is 3.32. The molecule has 0 aliphatic heterocycles. The van der Waals surface area contributed by atoms with Crippen LogP contribution in [0.5, 0.6) is 0 Å². The zero-order valence-corrected chi connectivity index (χ0v) is 8.95. The molecule has 82 valence electrons. The van der Waals surface area contributed by atoms with E-state index in [1.54, 1.807) is 13.2 Å². The first-order chi connectivity index (χ1) is 6.61. The number of methoxy groups -OCH3 is 1. The summed E-state index contributed by atoms with van der Waals surface area (Å²) < 4.78 is 4.90. The number of carbonyl (C=O) groups is 1. The van der Waals surface area contributed by atoms with Crippen molar-refractivity contribution in [2.75, 3.05) is 13.7 Å². The summed E-state index contributed by atoms with van der Waals surface area (Å²) in [5.74, 6) is -0.131. The van der Waals surface area contributed by atoms with E-state index < -0.39 is 6.04 Å². The molecule has 1 amide bonds. The number of hydrogen-bond acceptors (Lipinski definition) is 3. The molecule has 2 atom stereocenters. The summed E-state index contributed by atoms with van der Waals surface area (Å²) in [6.45, 7) is 6.10. The van der Waals surface area contributed by atoms with E-state index >= 15 is 0 Å². The number of nitrogens with one attached hydrogen (secondary N) is 1. The van der Waals surface area contributed by atoms with E-state index in [1.807, 2.05) is 6.92 Å². The zero-order chi connectivity index (χ0) is 11.0. The summed E-state index contributed by atoms with van der Waals surface area (Å²) in [4.78, 5) is 11.4. The predicted octanol–water partition coefficient (Wildman–Crippen LogP) is 0.431. The van der Waals surface area contributed by atoms with Gasteiger partial charge in [0.25, 0.3) is 0 Å². The molecule has 0 radical (unpaired) electrons. The first-order valence-corrected chi connectivity index (χ1v) is 4.77. The second-order valence-electron chi connectivity index (χ2n) is 3.32. The van der Waals surface area contributed by atoms with E-state index in [2.05, 4.69) is 11.9 Å². The van der Waals surface area contributed by atoms with Crippen molar-refractivity contribution in [1.29, 1.82) is 0 Å². The maximum Gasteiger partial charge on any atom is 0.237 e. The van der Waals surface area contributed by atoms with Gasteiger partial charge < -0.3 is 15.8 Å². The minimum atomic E-state index is -0.488. The Morgan fingerprint density at radius 1 is 1.71 bits per heavy atom. The van der Waals surface area contributed by atoms with Crippen molar-refractivity contribution in [2.45, 2.75) is 31.8 Å². The van der Waals surface area contributed by atoms with Gasteiger partial charge in [0.05, 0.1) is 6.04 Å². The highest BCUT2D eigenvalue weighted by molar-refractivity contribution is 5.81. The number of ether oxygens (including phenoxy) is 1. The maximum atomic E-state index is 11.4. The van der Waals surface area contributed by atoms with Gasteiger partial charge in [0.1, 0.15) is 0 Å². The quantitative estimate of drug-likeness (QED) is 0.586. The Bertz CT molecular complexity index is 183. The van der Waals surface area contributed by atoms with Crippen LogP contribution in [0.4, 0.5) is 0 Å². The summed E-state index contributed by atoms with van der Waals surface area (Å²) in [7, 11) is 1.64. The first-order valence-electron chi connectivity index (χ1n) is 4.77. The van der Waals surface area contributed by atoms with Gasteiger partial charge >= 0.3 is 0 Å². The van der Waals surface area contributed by atoms with Gasteiger partial charge in [-0.15, -0.1) is 6.58 Å². The van der Waals surface area contributed by atoms with Crippen LogP contribution in [0.3, 0.4) is 0 Å². The summed E-state index contributed by atoms with van der Waals surface area (Å²) in [6.07, 6.45) is 2.94. The Hall–Kier alpha value is -0.870. The number of nitrogens with two attached hydrogens (primary N) is 1. The average molecular weight is 200 g/mol. The number of hydrogen-bond donors (Lipinski definition) is 2. The van der Waals surface area contributed by atoms with Gasteiger partial charge in [-0.25, -0.2) is 0 Å². The fraction of sp³-hybridized carbons (Fsp3) is 0.700. The molecule has 0 heterocycles. The molecule has 4 heteroatoms.